The summed E-state index contributed by atoms with van der Waals surface area (Å²) in [6, 6.07) is 27.8. The molecule has 3 aromatic carbocycles. The van der Waals surface area contributed by atoms with Crippen molar-refractivity contribution in [1.82, 2.24) is 10.8 Å². The van der Waals surface area contributed by atoms with Crippen molar-refractivity contribution < 1.29 is 14.8 Å². The van der Waals surface area contributed by atoms with Gasteiger partial charge in [0.15, 0.2) is 0 Å². The molecular formula is C26H28N2O3. The number of hydroxylamine groups is 1. The Hall–Kier alpha value is -3.44. The van der Waals surface area contributed by atoms with Crippen LogP contribution in [0.1, 0.15) is 37.0 Å². The molecule has 0 spiro atoms. The Labute approximate surface area is 183 Å². The van der Waals surface area contributed by atoms with Crippen molar-refractivity contribution in [2.75, 3.05) is 0 Å². The fraction of sp³-hybridized carbons (Fsp3) is 0.231. The Bertz CT molecular complexity index is 892. The Morgan fingerprint density at radius 3 is 1.48 bits per heavy atom. The van der Waals surface area contributed by atoms with Gasteiger partial charge in [-0.3, -0.25) is 14.8 Å². The van der Waals surface area contributed by atoms with Crippen LogP contribution >= 0.6 is 0 Å². The predicted molar refractivity (Wildman–Crippen MR) is 121 cm³/mol. The number of rotatable bonds is 8. The number of amides is 2. The Kier molecular flexibility index (Phi) is 7.21. The summed E-state index contributed by atoms with van der Waals surface area (Å²) in [4.78, 5) is 26.4. The summed E-state index contributed by atoms with van der Waals surface area (Å²) in [6.07, 6.45) is 0.395. The molecule has 5 heteroatoms. The molecule has 0 saturated heterocycles. The van der Waals surface area contributed by atoms with Gasteiger partial charge >= 0.3 is 0 Å². The molecule has 0 fully saturated rings. The summed E-state index contributed by atoms with van der Waals surface area (Å²) < 4.78 is 0. The maximum Gasteiger partial charge on any atom is 0.265 e. The second kappa shape index (κ2) is 10.0. The fourth-order valence-electron chi connectivity index (χ4n) is 4.01. The highest BCUT2D eigenvalue weighted by Gasteiger charge is 2.44. The number of nitrogens with one attached hydrogen (secondary N) is 2. The average Bonchev–Trinajstić information content (AvgIpc) is 2.80. The first-order valence-corrected chi connectivity index (χ1v) is 10.4. The van der Waals surface area contributed by atoms with Gasteiger partial charge < -0.3 is 5.32 Å². The highest BCUT2D eigenvalue weighted by atomic mass is 16.5. The highest BCUT2D eigenvalue weighted by molar-refractivity contribution is 5.98. The molecule has 3 aromatic rings. The van der Waals surface area contributed by atoms with Crippen LogP contribution in [0.3, 0.4) is 0 Å². The van der Waals surface area contributed by atoms with Crippen LogP contribution in [-0.2, 0) is 15.0 Å². The zero-order chi connectivity index (χ0) is 22.3. The second-order valence-corrected chi connectivity index (χ2v) is 7.98. The van der Waals surface area contributed by atoms with Gasteiger partial charge in [0.1, 0.15) is 11.5 Å². The van der Waals surface area contributed by atoms with Crippen molar-refractivity contribution in [1.29, 1.82) is 0 Å². The molecule has 0 heterocycles. The molecule has 0 radical (unpaired) electrons. The molecule has 0 aliphatic rings. The van der Waals surface area contributed by atoms with Crippen molar-refractivity contribution in [3.05, 3.63) is 108 Å². The summed E-state index contributed by atoms with van der Waals surface area (Å²) in [6.45, 7) is 3.92. The number of hydrogen-bond donors (Lipinski definition) is 3. The van der Waals surface area contributed by atoms with E-state index in [0.29, 0.717) is 6.42 Å². The topological polar surface area (TPSA) is 78.4 Å². The molecule has 2 amide bonds. The molecule has 0 aromatic heterocycles. The molecule has 31 heavy (non-hydrogen) atoms. The summed E-state index contributed by atoms with van der Waals surface area (Å²) in [5, 5.41) is 12.2. The third kappa shape index (κ3) is 4.67. The van der Waals surface area contributed by atoms with Crippen molar-refractivity contribution >= 4 is 11.8 Å². The molecule has 0 bridgehead atoms. The first kappa shape index (κ1) is 22.2. The van der Waals surface area contributed by atoms with Crippen LogP contribution in [0.4, 0.5) is 0 Å². The van der Waals surface area contributed by atoms with Crippen LogP contribution in [0.2, 0.25) is 0 Å². The summed E-state index contributed by atoms with van der Waals surface area (Å²) in [5.41, 5.74) is 2.89. The first-order valence-electron chi connectivity index (χ1n) is 10.4. The molecule has 3 N–H and O–H groups in total. The van der Waals surface area contributed by atoms with E-state index in [1.165, 1.54) is 0 Å². The average molecular weight is 417 g/mol. The third-order valence-electron chi connectivity index (χ3n) is 5.40. The number of carbonyl (C=O) groups excluding carboxylic acids is 2. The van der Waals surface area contributed by atoms with E-state index in [1.54, 1.807) is 5.48 Å². The quantitative estimate of drug-likeness (QED) is 0.294. The normalized spacial score (nSPS) is 12.3. The van der Waals surface area contributed by atoms with Gasteiger partial charge in [-0.05, 0) is 29.0 Å². The van der Waals surface area contributed by atoms with Gasteiger partial charge in [0.2, 0.25) is 5.91 Å². The van der Waals surface area contributed by atoms with Crippen molar-refractivity contribution in [2.24, 2.45) is 5.92 Å². The molecule has 160 valence electrons. The number of carbonyl (C=O) groups is 2. The molecule has 0 aliphatic carbocycles. The summed E-state index contributed by atoms with van der Waals surface area (Å²) >= 11 is 0. The summed E-state index contributed by atoms with van der Waals surface area (Å²) in [7, 11) is 0. The summed E-state index contributed by atoms with van der Waals surface area (Å²) in [5.74, 6) is -0.822. The largest absolute Gasteiger partial charge is 0.343 e. The smallest absolute Gasteiger partial charge is 0.265 e. The van der Waals surface area contributed by atoms with Crippen molar-refractivity contribution in [3.8, 4) is 0 Å². The van der Waals surface area contributed by atoms with Gasteiger partial charge in [-0.1, -0.05) is 105 Å². The monoisotopic (exact) mass is 416 g/mol. The molecule has 0 saturated carbocycles. The van der Waals surface area contributed by atoms with E-state index in [-0.39, 0.29) is 11.8 Å². The van der Waals surface area contributed by atoms with E-state index in [2.05, 4.69) is 5.32 Å². The van der Waals surface area contributed by atoms with Crippen LogP contribution in [0.15, 0.2) is 91.0 Å². The molecule has 3 rings (SSSR count). The standard InChI is InChI=1S/C26H28N2O3/c1-19(2)18-23(24(29)28-31)27-25(30)26(20-12-6-3-7-13-20,21-14-8-4-9-15-21)22-16-10-5-11-17-22/h3-17,19,23,31H,18H2,1-2H3,(H,27,30)(H,28,29)/t23-/m1/s1. The molecule has 5 nitrogen and oxygen atoms in total. The lowest BCUT2D eigenvalue weighted by molar-refractivity contribution is -0.136. The zero-order valence-corrected chi connectivity index (χ0v) is 17.8. The van der Waals surface area contributed by atoms with Crippen LogP contribution in [0.25, 0.3) is 0 Å². The van der Waals surface area contributed by atoms with Gasteiger partial charge in [0, 0.05) is 0 Å². The minimum atomic E-state index is -1.17. The van der Waals surface area contributed by atoms with Gasteiger partial charge in [0.05, 0.1) is 0 Å². The number of hydrogen-bond acceptors (Lipinski definition) is 3. The Morgan fingerprint density at radius 1 is 0.774 bits per heavy atom. The van der Waals surface area contributed by atoms with Crippen molar-refractivity contribution in [3.63, 3.8) is 0 Å². The van der Waals surface area contributed by atoms with Crippen LogP contribution in [-0.4, -0.2) is 23.1 Å². The zero-order valence-electron chi connectivity index (χ0n) is 17.8. The predicted octanol–water partition coefficient (Wildman–Crippen LogP) is 4.06. The van der Waals surface area contributed by atoms with Gasteiger partial charge in [-0.2, -0.15) is 0 Å². The van der Waals surface area contributed by atoms with Crippen LogP contribution < -0.4 is 10.8 Å². The lowest BCUT2D eigenvalue weighted by Gasteiger charge is -2.35. The molecular weight excluding hydrogens is 388 g/mol. The molecule has 1 atom stereocenters. The minimum absolute atomic E-state index is 0.141. The van der Waals surface area contributed by atoms with Crippen molar-refractivity contribution in [2.45, 2.75) is 31.7 Å². The number of benzene rings is 3. The third-order valence-corrected chi connectivity index (χ3v) is 5.40. The Morgan fingerprint density at radius 2 is 1.16 bits per heavy atom. The van der Waals surface area contributed by atoms with Gasteiger partial charge in [0.25, 0.3) is 5.91 Å². The van der Waals surface area contributed by atoms with E-state index in [0.717, 1.165) is 16.7 Å². The van der Waals surface area contributed by atoms with Gasteiger partial charge in [-0.25, -0.2) is 5.48 Å². The van der Waals surface area contributed by atoms with E-state index in [4.69, 9.17) is 0 Å². The van der Waals surface area contributed by atoms with Gasteiger partial charge in [-0.15, -0.1) is 0 Å². The van der Waals surface area contributed by atoms with E-state index in [1.807, 2.05) is 105 Å². The van der Waals surface area contributed by atoms with Crippen LogP contribution in [0, 0.1) is 5.92 Å². The fourth-order valence-corrected chi connectivity index (χ4v) is 4.01. The lowest BCUT2D eigenvalue weighted by Crippen LogP contribution is -2.54. The van der Waals surface area contributed by atoms with E-state index >= 15 is 0 Å². The first-order chi connectivity index (χ1) is 15.0. The van der Waals surface area contributed by atoms with E-state index in [9.17, 15) is 14.8 Å². The Balaban J connectivity index is 2.22. The lowest BCUT2D eigenvalue weighted by atomic mass is 9.68. The highest BCUT2D eigenvalue weighted by Crippen LogP contribution is 2.39. The molecule has 0 unspecified atom stereocenters. The second-order valence-electron chi connectivity index (χ2n) is 7.98. The maximum atomic E-state index is 14.1. The minimum Gasteiger partial charge on any atom is -0.343 e. The van der Waals surface area contributed by atoms with Crippen LogP contribution in [0.5, 0.6) is 0 Å². The SMILES string of the molecule is CC(C)C[C@@H](NC(=O)C(c1ccccc1)(c1ccccc1)c1ccccc1)C(=O)NO. The maximum absolute atomic E-state index is 14.1. The molecule has 0 aliphatic heterocycles. The van der Waals surface area contributed by atoms with E-state index < -0.39 is 17.4 Å².